The Hall–Kier alpha value is -2.99. The number of benzene rings is 2. The smallest absolute Gasteiger partial charge is 0.253 e. The zero-order valence-corrected chi connectivity index (χ0v) is 21.7. The molecule has 0 atom stereocenters. The van der Waals surface area contributed by atoms with Crippen molar-refractivity contribution in [1.29, 1.82) is 0 Å². The van der Waals surface area contributed by atoms with Crippen LogP contribution in [0.25, 0.3) is 5.69 Å². The minimum absolute atomic E-state index is 0.0926. The zero-order valence-electron chi connectivity index (χ0n) is 18.6. The van der Waals surface area contributed by atoms with Crippen LogP contribution in [0.3, 0.4) is 0 Å². The van der Waals surface area contributed by atoms with Crippen molar-refractivity contribution in [3.05, 3.63) is 74.5 Å². The third kappa shape index (κ3) is 6.37. The summed E-state index contributed by atoms with van der Waals surface area (Å²) in [6, 6.07) is 12.4. The standard InChI is InChI=1S/C22H19Cl2N7O2S2/c1-12-4-3-5-15(8-12)31-18(10-25-20(33)16-7-6-14(23)9-17(16)24)28-30-22(31)34-11-19(32)26-21-29-27-13(2)35-21/h3-9H,10-11H2,1-2H3,(H,25,33)(H,26,29,32). The molecule has 2 N–H and O–H groups in total. The van der Waals surface area contributed by atoms with E-state index in [1.54, 1.807) is 12.1 Å². The molecule has 180 valence electrons. The Bertz CT molecular complexity index is 1390. The Morgan fingerprint density at radius 3 is 2.60 bits per heavy atom. The highest BCUT2D eigenvalue weighted by molar-refractivity contribution is 7.99. The van der Waals surface area contributed by atoms with E-state index < -0.39 is 0 Å². The molecule has 0 aliphatic carbocycles. The van der Waals surface area contributed by atoms with Crippen molar-refractivity contribution < 1.29 is 9.59 Å². The number of anilines is 1. The number of thioether (sulfide) groups is 1. The van der Waals surface area contributed by atoms with E-state index >= 15 is 0 Å². The molecule has 0 saturated carbocycles. The molecule has 35 heavy (non-hydrogen) atoms. The lowest BCUT2D eigenvalue weighted by molar-refractivity contribution is -0.113. The van der Waals surface area contributed by atoms with Gasteiger partial charge in [-0.25, -0.2) is 0 Å². The molecule has 13 heteroatoms. The van der Waals surface area contributed by atoms with Crippen molar-refractivity contribution in [3.63, 3.8) is 0 Å². The molecule has 4 aromatic rings. The average molecular weight is 548 g/mol. The maximum absolute atomic E-state index is 12.7. The summed E-state index contributed by atoms with van der Waals surface area (Å²) in [7, 11) is 0. The lowest BCUT2D eigenvalue weighted by Crippen LogP contribution is -2.25. The number of carbonyl (C=O) groups is 2. The number of hydrogen-bond donors (Lipinski definition) is 2. The minimum atomic E-state index is -0.369. The van der Waals surface area contributed by atoms with Crippen LogP contribution < -0.4 is 10.6 Å². The number of rotatable bonds is 8. The third-order valence-corrected chi connectivity index (χ3v) is 6.88. The van der Waals surface area contributed by atoms with Crippen molar-refractivity contribution in [2.45, 2.75) is 25.5 Å². The van der Waals surface area contributed by atoms with Crippen LogP contribution in [0.5, 0.6) is 0 Å². The Morgan fingerprint density at radius 1 is 1.06 bits per heavy atom. The first-order chi connectivity index (χ1) is 16.8. The highest BCUT2D eigenvalue weighted by Gasteiger charge is 2.18. The molecule has 0 saturated heterocycles. The first-order valence-electron chi connectivity index (χ1n) is 10.3. The molecule has 0 aliphatic rings. The number of amides is 2. The van der Waals surface area contributed by atoms with Crippen LogP contribution in [0.1, 0.15) is 26.8 Å². The topological polar surface area (TPSA) is 115 Å². The summed E-state index contributed by atoms with van der Waals surface area (Å²) < 4.78 is 1.81. The predicted molar refractivity (Wildman–Crippen MR) is 138 cm³/mol. The summed E-state index contributed by atoms with van der Waals surface area (Å²) >= 11 is 14.6. The van der Waals surface area contributed by atoms with E-state index in [-0.39, 0.29) is 29.1 Å². The SMILES string of the molecule is Cc1cccc(-n2c(CNC(=O)c3ccc(Cl)cc3Cl)nnc2SCC(=O)Nc2nnc(C)s2)c1. The van der Waals surface area contributed by atoms with E-state index in [2.05, 4.69) is 31.0 Å². The van der Waals surface area contributed by atoms with Crippen LogP contribution >= 0.6 is 46.3 Å². The summed E-state index contributed by atoms with van der Waals surface area (Å²) in [4.78, 5) is 25.1. The second kappa shape index (κ2) is 11.2. The van der Waals surface area contributed by atoms with Gasteiger partial charge in [-0.3, -0.25) is 19.5 Å². The van der Waals surface area contributed by atoms with Gasteiger partial charge < -0.3 is 5.32 Å². The fourth-order valence-corrected chi connectivity index (χ4v) is 4.97. The molecule has 0 fully saturated rings. The van der Waals surface area contributed by atoms with Gasteiger partial charge in [-0.15, -0.1) is 20.4 Å². The molecule has 4 rings (SSSR count). The first kappa shape index (κ1) is 25.1. The van der Waals surface area contributed by atoms with Crippen molar-refractivity contribution in [2.75, 3.05) is 11.1 Å². The van der Waals surface area contributed by atoms with Crippen molar-refractivity contribution >= 4 is 63.2 Å². The second-order valence-electron chi connectivity index (χ2n) is 7.34. The lowest BCUT2D eigenvalue weighted by atomic mass is 10.2. The predicted octanol–water partition coefficient (Wildman–Crippen LogP) is 4.70. The summed E-state index contributed by atoms with van der Waals surface area (Å²) in [6.07, 6.45) is 0. The van der Waals surface area contributed by atoms with Gasteiger partial charge in [-0.05, 0) is 49.7 Å². The van der Waals surface area contributed by atoms with Crippen LogP contribution in [0.4, 0.5) is 5.13 Å². The molecule has 0 spiro atoms. The van der Waals surface area contributed by atoms with Gasteiger partial charge in [-0.1, -0.05) is 58.4 Å². The number of carbonyl (C=O) groups excluding carboxylic acids is 2. The van der Waals surface area contributed by atoms with Crippen molar-refractivity contribution in [3.8, 4) is 5.69 Å². The largest absolute Gasteiger partial charge is 0.345 e. The van der Waals surface area contributed by atoms with E-state index in [1.165, 1.54) is 29.2 Å². The maximum Gasteiger partial charge on any atom is 0.253 e. The van der Waals surface area contributed by atoms with Gasteiger partial charge in [0.1, 0.15) is 5.01 Å². The fourth-order valence-electron chi connectivity index (χ4n) is 3.10. The number of nitrogens with zero attached hydrogens (tertiary/aromatic N) is 5. The summed E-state index contributed by atoms with van der Waals surface area (Å²) in [5.74, 6) is -0.0183. The van der Waals surface area contributed by atoms with Gasteiger partial charge in [0.05, 0.1) is 22.9 Å². The summed E-state index contributed by atoms with van der Waals surface area (Å²) in [6.45, 7) is 3.88. The second-order valence-corrected chi connectivity index (χ2v) is 10.3. The molecule has 2 amide bonds. The summed E-state index contributed by atoms with van der Waals surface area (Å²) in [5.41, 5.74) is 2.15. The van der Waals surface area contributed by atoms with Gasteiger partial charge in [0, 0.05) is 10.7 Å². The van der Waals surface area contributed by atoms with E-state index in [1.807, 2.05) is 42.7 Å². The first-order valence-corrected chi connectivity index (χ1v) is 12.8. The maximum atomic E-state index is 12.7. The van der Waals surface area contributed by atoms with Gasteiger partial charge in [0.25, 0.3) is 5.91 Å². The van der Waals surface area contributed by atoms with Crippen molar-refractivity contribution in [1.82, 2.24) is 30.3 Å². The molecule has 2 aromatic carbocycles. The number of nitrogens with one attached hydrogen (secondary N) is 2. The van der Waals surface area contributed by atoms with Gasteiger partial charge in [0.2, 0.25) is 11.0 Å². The van der Waals surface area contributed by atoms with Crippen LogP contribution in [0.15, 0.2) is 47.6 Å². The van der Waals surface area contributed by atoms with E-state index in [4.69, 9.17) is 23.2 Å². The Kier molecular flexibility index (Phi) is 8.01. The molecule has 9 nitrogen and oxygen atoms in total. The highest BCUT2D eigenvalue weighted by Crippen LogP contribution is 2.24. The fraction of sp³-hybridized carbons (Fsp3) is 0.182. The van der Waals surface area contributed by atoms with Gasteiger partial charge in [-0.2, -0.15) is 0 Å². The Labute approximate surface area is 219 Å². The van der Waals surface area contributed by atoms with E-state index in [0.717, 1.165) is 16.3 Å². The zero-order chi connectivity index (χ0) is 24.9. The summed E-state index contributed by atoms with van der Waals surface area (Å²) in [5, 5.41) is 24.3. The average Bonchev–Trinajstić information content (AvgIpc) is 3.41. The lowest BCUT2D eigenvalue weighted by Gasteiger charge is -2.12. The number of halogens is 2. The van der Waals surface area contributed by atoms with Crippen LogP contribution in [-0.4, -0.2) is 42.5 Å². The van der Waals surface area contributed by atoms with Crippen LogP contribution in [0, 0.1) is 13.8 Å². The molecule has 2 heterocycles. The molecular weight excluding hydrogens is 529 g/mol. The van der Waals surface area contributed by atoms with E-state index in [9.17, 15) is 9.59 Å². The molecule has 0 unspecified atom stereocenters. The molecular formula is C22H19Cl2N7O2S2. The normalized spacial score (nSPS) is 10.9. The quantitative estimate of drug-likeness (QED) is 0.307. The van der Waals surface area contributed by atoms with Gasteiger partial charge >= 0.3 is 0 Å². The number of hydrogen-bond acceptors (Lipinski definition) is 8. The molecule has 0 radical (unpaired) electrons. The molecule has 2 aromatic heterocycles. The minimum Gasteiger partial charge on any atom is -0.345 e. The molecule has 0 bridgehead atoms. The third-order valence-electron chi connectivity index (χ3n) is 4.65. The van der Waals surface area contributed by atoms with Gasteiger partial charge in [0.15, 0.2) is 11.0 Å². The van der Waals surface area contributed by atoms with Crippen LogP contribution in [0.2, 0.25) is 10.0 Å². The number of aryl methyl sites for hydroxylation is 2. The Morgan fingerprint density at radius 2 is 1.89 bits per heavy atom. The number of aromatic nitrogens is 5. The Balaban J connectivity index is 1.52. The highest BCUT2D eigenvalue weighted by atomic mass is 35.5. The van der Waals surface area contributed by atoms with E-state index in [0.29, 0.717) is 26.7 Å². The van der Waals surface area contributed by atoms with Crippen LogP contribution in [-0.2, 0) is 11.3 Å². The molecule has 0 aliphatic heterocycles. The monoisotopic (exact) mass is 547 g/mol. The van der Waals surface area contributed by atoms with Crippen molar-refractivity contribution in [2.24, 2.45) is 0 Å².